The van der Waals surface area contributed by atoms with Crippen molar-refractivity contribution in [3.05, 3.63) is 11.6 Å². The molecule has 0 aliphatic carbocycles. The van der Waals surface area contributed by atoms with Crippen LogP contribution in [0, 0.1) is 5.41 Å². The van der Waals surface area contributed by atoms with Gasteiger partial charge in [0.15, 0.2) is 5.90 Å². The number of aliphatic hydroxyl groups excluding tert-OH is 1. The van der Waals surface area contributed by atoms with Crippen molar-refractivity contribution in [2.45, 2.75) is 32.7 Å². The number of allylic oxidation sites excluding steroid dienone is 2. The summed E-state index contributed by atoms with van der Waals surface area (Å²) in [6.45, 7) is 4.33. The Morgan fingerprint density at radius 1 is 1.57 bits per heavy atom. The molecule has 0 saturated heterocycles. The van der Waals surface area contributed by atoms with E-state index in [1.165, 1.54) is 5.57 Å². The van der Waals surface area contributed by atoms with Crippen LogP contribution in [0.3, 0.4) is 0 Å². The smallest absolute Gasteiger partial charge is 0.200 e. The Morgan fingerprint density at radius 3 is 2.71 bits per heavy atom. The average molecular weight is 200 g/mol. The lowest BCUT2D eigenvalue weighted by atomic mass is 10.2. The van der Waals surface area contributed by atoms with Crippen LogP contribution in [0.25, 0.3) is 0 Å². The van der Waals surface area contributed by atoms with Crippen LogP contribution in [0.2, 0.25) is 0 Å². The molecule has 1 unspecified atom stereocenters. The van der Waals surface area contributed by atoms with Crippen LogP contribution in [-0.2, 0) is 4.74 Å². The van der Waals surface area contributed by atoms with Gasteiger partial charge in [0, 0.05) is 0 Å². The third kappa shape index (κ3) is 6.62. The van der Waals surface area contributed by atoms with E-state index < -0.39 is 6.04 Å². The molecule has 0 rings (SSSR count). The number of aliphatic hydroxyl groups is 1. The van der Waals surface area contributed by atoms with Crippen molar-refractivity contribution in [2.75, 3.05) is 13.2 Å². The van der Waals surface area contributed by atoms with Crippen molar-refractivity contribution in [3.8, 4) is 0 Å². The maximum atomic E-state index is 8.63. The first-order valence-electron chi connectivity index (χ1n) is 4.79. The topological polar surface area (TPSA) is 79.3 Å². The predicted octanol–water partition coefficient (Wildman–Crippen LogP) is 1.05. The molecule has 0 aromatic rings. The van der Waals surface area contributed by atoms with E-state index in [0.717, 1.165) is 12.8 Å². The molecular weight excluding hydrogens is 180 g/mol. The highest BCUT2D eigenvalue weighted by molar-refractivity contribution is 5.78. The number of nitrogens with two attached hydrogens (primary N) is 1. The van der Waals surface area contributed by atoms with Gasteiger partial charge in [-0.25, -0.2) is 0 Å². The van der Waals surface area contributed by atoms with Crippen molar-refractivity contribution < 1.29 is 9.84 Å². The summed E-state index contributed by atoms with van der Waals surface area (Å²) in [5.74, 6) is -0.0373. The van der Waals surface area contributed by atoms with Crippen molar-refractivity contribution in [1.29, 1.82) is 5.41 Å². The van der Waals surface area contributed by atoms with Gasteiger partial charge in [-0.2, -0.15) is 0 Å². The number of rotatable bonds is 6. The van der Waals surface area contributed by atoms with Gasteiger partial charge in [-0.1, -0.05) is 11.6 Å². The van der Waals surface area contributed by atoms with Crippen LogP contribution in [0.1, 0.15) is 26.7 Å². The molecule has 0 spiro atoms. The van der Waals surface area contributed by atoms with E-state index in [2.05, 4.69) is 6.08 Å². The summed E-state index contributed by atoms with van der Waals surface area (Å²) in [6, 6.07) is -0.682. The molecule has 0 amide bonds. The molecular formula is C10H20N2O2. The van der Waals surface area contributed by atoms with Crippen molar-refractivity contribution in [1.82, 2.24) is 0 Å². The molecule has 0 fully saturated rings. The highest BCUT2D eigenvalue weighted by Gasteiger charge is 2.07. The summed E-state index contributed by atoms with van der Waals surface area (Å²) < 4.78 is 5.05. The number of hydrogen-bond acceptors (Lipinski definition) is 4. The molecule has 0 heterocycles. The van der Waals surface area contributed by atoms with Gasteiger partial charge in [0.05, 0.1) is 13.2 Å². The number of nitrogens with one attached hydrogen (secondary N) is 1. The number of hydrogen-bond donors (Lipinski definition) is 3. The first kappa shape index (κ1) is 13.1. The lowest BCUT2D eigenvalue weighted by molar-refractivity contribution is 0.243. The minimum atomic E-state index is -0.682. The second kappa shape index (κ2) is 7.53. The van der Waals surface area contributed by atoms with E-state index in [0.29, 0.717) is 6.61 Å². The average Bonchev–Trinajstić information content (AvgIpc) is 2.15. The van der Waals surface area contributed by atoms with Crippen molar-refractivity contribution in [3.63, 3.8) is 0 Å². The minimum Gasteiger partial charge on any atom is -0.480 e. The fourth-order valence-electron chi connectivity index (χ4n) is 0.846. The normalized spacial score (nSPS) is 12.0. The van der Waals surface area contributed by atoms with E-state index >= 15 is 0 Å². The molecule has 0 aromatic carbocycles. The quantitative estimate of drug-likeness (QED) is 0.259. The molecule has 82 valence electrons. The molecule has 4 N–H and O–H groups in total. The Labute approximate surface area is 85.3 Å². The summed E-state index contributed by atoms with van der Waals surface area (Å²) in [5, 5.41) is 15.9. The van der Waals surface area contributed by atoms with Gasteiger partial charge in [0.2, 0.25) is 0 Å². The van der Waals surface area contributed by atoms with Crippen molar-refractivity contribution in [2.24, 2.45) is 5.73 Å². The van der Waals surface area contributed by atoms with Crippen LogP contribution >= 0.6 is 0 Å². The first-order chi connectivity index (χ1) is 6.57. The Kier molecular flexibility index (Phi) is 7.06. The zero-order chi connectivity index (χ0) is 11.0. The van der Waals surface area contributed by atoms with Crippen molar-refractivity contribution >= 4 is 5.90 Å². The molecule has 0 radical (unpaired) electrons. The van der Waals surface area contributed by atoms with Crippen LogP contribution in [-0.4, -0.2) is 30.3 Å². The summed E-state index contributed by atoms with van der Waals surface area (Å²) in [4.78, 5) is 0. The lowest BCUT2D eigenvalue weighted by Gasteiger charge is -2.10. The maximum absolute atomic E-state index is 8.63. The molecule has 0 aliphatic heterocycles. The van der Waals surface area contributed by atoms with Crippen LogP contribution in [0.4, 0.5) is 0 Å². The van der Waals surface area contributed by atoms with Gasteiger partial charge < -0.3 is 15.6 Å². The zero-order valence-electron chi connectivity index (χ0n) is 8.92. The van der Waals surface area contributed by atoms with E-state index in [-0.39, 0.29) is 12.5 Å². The largest absolute Gasteiger partial charge is 0.480 e. The molecule has 14 heavy (non-hydrogen) atoms. The monoisotopic (exact) mass is 200 g/mol. The second-order valence-electron chi connectivity index (χ2n) is 3.43. The van der Waals surface area contributed by atoms with Crippen LogP contribution in [0.15, 0.2) is 11.6 Å². The van der Waals surface area contributed by atoms with Crippen LogP contribution in [0.5, 0.6) is 0 Å². The van der Waals surface area contributed by atoms with E-state index in [4.69, 9.17) is 21.0 Å². The van der Waals surface area contributed by atoms with Gasteiger partial charge in [-0.05, 0) is 26.7 Å². The minimum absolute atomic E-state index is 0.0373. The van der Waals surface area contributed by atoms with Gasteiger partial charge in [0.1, 0.15) is 6.04 Å². The Balaban J connectivity index is 3.45. The summed E-state index contributed by atoms with van der Waals surface area (Å²) in [6.07, 6.45) is 3.94. The SMILES string of the molecule is CC(C)=CCCCOC(=N)C(N)CO. The third-order valence-corrected chi connectivity index (χ3v) is 1.69. The molecule has 4 nitrogen and oxygen atoms in total. The van der Waals surface area contributed by atoms with E-state index in [9.17, 15) is 0 Å². The second-order valence-corrected chi connectivity index (χ2v) is 3.43. The highest BCUT2D eigenvalue weighted by Crippen LogP contribution is 1.98. The van der Waals surface area contributed by atoms with Gasteiger partial charge in [-0.15, -0.1) is 0 Å². The zero-order valence-corrected chi connectivity index (χ0v) is 8.92. The summed E-state index contributed by atoms with van der Waals surface area (Å²) >= 11 is 0. The standard InChI is InChI=1S/C10H20N2O2/c1-8(2)5-3-4-6-14-10(12)9(11)7-13/h5,9,12-13H,3-4,6-7,11H2,1-2H3. The third-order valence-electron chi connectivity index (χ3n) is 1.69. The Morgan fingerprint density at radius 2 is 2.21 bits per heavy atom. The van der Waals surface area contributed by atoms with Gasteiger partial charge in [-0.3, -0.25) is 5.41 Å². The molecule has 0 aromatic heterocycles. The summed E-state index contributed by atoms with van der Waals surface area (Å²) in [5.41, 5.74) is 6.65. The molecule has 1 atom stereocenters. The van der Waals surface area contributed by atoms with Gasteiger partial charge >= 0.3 is 0 Å². The summed E-state index contributed by atoms with van der Waals surface area (Å²) in [7, 11) is 0. The molecule has 0 saturated carbocycles. The van der Waals surface area contributed by atoms with Crippen LogP contribution < -0.4 is 5.73 Å². The predicted molar refractivity (Wildman–Crippen MR) is 57.4 cm³/mol. The fraction of sp³-hybridized carbons (Fsp3) is 0.700. The Bertz CT molecular complexity index is 198. The molecule has 0 bridgehead atoms. The molecule has 4 heteroatoms. The highest BCUT2D eigenvalue weighted by atomic mass is 16.5. The maximum Gasteiger partial charge on any atom is 0.200 e. The molecule has 0 aliphatic rings. The number of ether oxygens (including phenoxy) is 1. The Hall–Kier alpha value is -0.870. The van der Waals surface area contributed by atoms with E-state index in [1.54, 1.807) is 0 Å². The van der Waals surface area contributed by atoms with E-state index in [1.807, 2.05) is 13.8 Å². The fourth-order valence-corrected chi connectivity index (χ4v) is 0.846. The van der Waals surface area contributed by atoms with Gasteiger partial charge in [0.25, 0.3) is 0 Å². The first-order valence-corrected chi connectivity index (χ1v) is 4.79. The number of unbranched alkanes of at least 4 members (excludes halogenated alkanes) is 1. The lowest BCUT2D eigenvalue weighted by Crippen LogP contribution is -2.35.